The average molecular weight is 546 g/mol. The number of tetrazole rings is 1. The lowest BCUT2D eigenvalue weighted by atomic mass is 10.1. The molecule has 0 radical (unpaired) electrons. The van der Waals surface area contributed by atoms with E-state index in [0.29, 0.717) is 30.2 Å². The predicted octanol–water partition coefficient (Wildman–Crippen LogP) is 4.17. The van der Waals surface area contributed by atoms with E-state index in [1.165, 1.54) is 6.92 Å². The number of aromatic amines is 1. The van der Waals surface area contributed by atoms with Gasteiger partial charge in [0.1, 0.15) is 0 Å². The molecule has 0 aliphatic carbocycles. The third-order valence-corrected chi connectivity index (χ3v) is 6.39. The summed E-state index contributed by atoms with van der Waals surface area (Å²) >= 11 is 0. The molecule has 0 bridgehead atoms. The number of aromatic nitrogens is 5. The quantitative estimate of drug-likeness (QED) is 0.221. The molecule has 0 spiro atoms. The van der Waals surface area contributed by atoms with Gasteiger partial charge in [0.2, 0.25) is 18.5 Å². The third kappa shape index (κ3) is 5.52. The van der Waals surface area contributed by atoms with Crippen LogP contribution >= 0.6 is 0 Å². The van der Waals surface area contributed by atoms with Crippen molar-refractivity contribution in [2.24, 2.45) is 0 Å². The molecule has 0 saturated heterocycles. The number of carbonyl (C=O) groups excluding carboxylic acids is 2. The fraction of sp³-hybridized carbons (Fsp3) is 0.321. The molecule has 208 valence electrons. The van der Waals surface area contributed by atoms with Crippen LogP contribution in [0.25, 0.3) is 17.2 Å². The smallest absolute Gasteiger partial charge is 0.343 e. The fourth-order valence-corrected chi connectivity index (χ4v) is 4.63. The van der Waals surface area contributed by atoms with E-state index >= 15 is 0 Å². The van der Waals surface area contributed by atoms with E-state index in [9.17, 15) is 9.59 Å². The number of fused-ring (bicyclic) bond motifs is 1. The van der Waals surface area contributed by atoms with Crippen LogP contribution in [0.4, 0.5) is 11.4 Å². The zero-order valence-corrected chi connectivity index (χ0v) is 22.7. The lowest BCUT2D eigenvalue weighted by Crippen LogP contribution is -2.38. The maximum Gasteiger partial charge on any atom is 0.343 e. The van der Waals surface area contributed by atoms with Gasteiger partial charge in [-0.25, -0.2) is 4.79 Å². The highest BCUT2D eigenvalue weighted by atomic mass is 16.7. The van der Waals surface area contributed by atoms with Crippen molar-refractivity contribution in [1.29, 1.82) is 0 Å². The van der Waals surface area contributed by atoms with Crippen molar-refractivity contribution in [2.45, 2.75) is 53.3 Å². The van der Waals surface area contributed by atoms with Crippen LogP contribution in [0.2, 0.25) is 0 Å². The standard InChI is InChI=1S/C28H31N7O5/c1-5-24(36)39-18(4)40-27(37)21-8-7-9-22-25(21)35(28(29-22)38-6-2)16-19-10-12-20(13-11-19)34-15-17(3)14-23(34)26-30-32-33-31-26/h7-15,18,28-29H,5-6,16H2,1-4H3,(H,30,31,32,33). The van der Waals surface area contributed by atoms with Crippen LogP contribution in [-0.2, 0) is 25.5 Å². The molecule has 2 atom stereocenters. The lowest BCUT2D eigenvalue weighted by Gasteiger charge is -2.27. The molecular formula is C28H31N7O5. The van der Waals surface area contributed by atoms with Crippen molar-refractivity contribution in [3.8, 4) is 17.2 Å². The highest BCUT2D eigenvalue weighted by Crippen LogP contribution is 2.39. The van der Waals surface area contributed by atoms with Crippen molar-refractivity contribution in [3.63, 3.8) is 0 Å². The van der Waals surface area contributed by atoms with Crippen molar-refractivity contribution in [1.82, 2.24) is 25.2 Å². The normalized spacial score (nSPS) is 14.9. The summed E-state index contributed by atoms with van der Waals surface area (Å²) in [7, 11) is 0. The molecule has 1 aliphatic heterocycles. The Balaban J connectivity index is 1.40. The Hall–Kier alpha value is -4.71. The third-order valence-electron chi connectivity index (χ3n) is 6.39. The van der Waals surface area contributed by atoms with Crippen LogP contribution in [0, 0.1) is 6.92 Å². The van der Waals surface area contributed by atoms with Crippen molar-refractivity contribution in [2.75, 3.05) is 16.8 Å². The summed E-state index contributed by atoms with van der Waals surface area (Å²) in [4.78, 5) is 26.8. The van der Waals surface area contributed by atoms with Gasteiger partial charge in [0.25, 0.3) is 0 Å². The van der Waals surface area contributed by atoms with E-state index in [2.05, 4.69) is 25.9 Å². The number of nitrogens with one attached hydrogen (secondary N) is 2. The maximum atomic E-state index is 13.2. The summed E-state index contributed by atoms with van der Waals surface area (Å²) in [6, 6.07) is 15.4. The van der Waals surface area contributed by atoms with Gasteiger partial charge in [-0.2, -0.15) is 5.21 Å². The van der Waals surface area contributed by atoms with Crippen molar-refractivity contribution >= 4 is 23.3 Å². The first-order chi connectivity index (χ1) is 19.4. The Morgan fingerprint density at radius 1 is 1.10 bits per heavy atom. The minimum Gasteiger partial charge on any atom is -0.425 e. The van der Waals surface area contributed by atoms with E-state index in [1.807, 2.05) is 65.9 Å². The molecule has 12 nitrogen and oxygen atoms in total. The predicted molar refractivity (Wildman–Crippen MR) is 147 cm³/mol. The summed E-state index contributed by atoms with van der Waals surface area (Å²) in [5, 5.41) is 17.8. The first-order valence-corrected chi connectivity index (χ1v) is 13.1. The Morgan fingerprint density at radius 3 is 2.60 bits per heavy atom. The number of hydrogen-bond donors (Lipinski definition) is 2. The van der Waals surface area contributed by atoms with E-state index in [-0.39, 0.29) is 6.42 Å². The zero-order valence-electron chi connectivity index (χ0n) is 22.7. The summed E-state index contributed by atoms with van der Waals surface area (Å²) in [5.74, 6) is -0.527. The molecule has 2 N–H and O–H groups in total. The number of rotatable bonds is 10. The second-order valence-electron chi connectivity index (χ2n) is 9.27. The highest BCUT2D eigenvalue weighted by molar-refractivity contribution is 6.01. The number of carbonyl (C=O) groups is 2. The van der Waals surface area contributed by atoms with Gasteiger partial charge in [0, 0.05) is 38.4 Å². The minimum atomic E-state index is -1.01. The minimum absolute atomic E-state index is 0.192. The first-order valence-electron chi connectivity index (χ1n) is 13.1. The summed E-state index contributed by atoms with van der Waals surface area (Å²) in [6.07, 6.45) is 0.713. The Kier molecular flexibility index (Phi) is 7.78. The highest BCUT2D eigenvalue weighted by Gasteiger charge is 2.34. The van der Waals surface area contributed by atoms with Gasteiger partial charge in [0.05, 0.1) is 22.6 Å². The largest absolute Gasteiger partial charge is 0.425 e. The molecule has 40 heavy (non-hydrogen) atoms. The average Bonchev–Trinajstić information content (AvgIpc) is 3.68. The van der Waals surface area contributed by atoms with E-state index in [1.54, 1.807) is 19.1 Å². The van der Waals surface area contributed by atoms with Crippen LogP contribution in [-0.4, -0.2) is 56.4 Å². The second kappa shape index (κ2) is 11.6. The van der Waals surface area contributed by atoms with E-state index < -0.39 is 24.6 Å². The molecule has 3 heterocycles. The van der Waals surface area contributed by atoms with Gasteiger partial charge < -0.3 is 29.0 Å². The van der Waals surface area contributed by atoms with Gasteiger partial charge in [0.15, 0.2) is 0 Å². The van der Waals surface area contributed by atoms with Crippen LogP contribution < -0.4 is 10.2 Å². The molecule has 0 fully saturated rings. The first kappa shape index (κ1) is 26.9. The Labute approximate surface area is 231 Å². The Morgan fingerprint density at radius 2 is 1.90 bits per heavy atom. The number of aryl methyl sites for hydroxylation is 1. The number of esters is 2. The molecule has 4 aromatic rings. The number of ether oxygens (including phenoxy) is 3. The molecule has 2 aromatic heterocycles. The summed E-state index contributed by atoms with van der Waals surface area (Å²) in [5.41, 5.74) is 5.59. The molecule has 0 amide bonds. The maximum absolute atomic E-state index is 13.2. The van der Waals surface area contributed by atoms with Crippen LogP contribution in [0.5, 0.6) is 0 Å². The number of nitrogens with zero attached hydrogens (tertiary/aromatic N) is 5. The molecule has 5 rings (SSSR count). The summed E-state index contributed by atoms with van der Waals surface area (Å²) < 4.78 is 18.5. The molecular weight excluding hydrogens is 514 g/mol. The van der Waals surface area contributed by atoms with Gasteiger partial charge in [-0.3, -0.25) is 4.79 Å². The Bertz CT molecular complexity index is 1480. The second-order valence-corrected chi connectivity index (χ2v) is 9.27. The number of hydrogen-bond acceptors (Lipinski definition) is 10. The SMILES string of the molecule is CCOC1Nc2cccc(C(=O)OC(C)OC(=O)CC)c2N1Cc1ccc(-n2cc(C)cc2-c2nn[nH]n2)cc1. The number of anilines is 2. The van der Waals surface area contributed by atoms with Crippen molar-refractivity contribution in [3.05, 3.63) is 71.4 Å². The van der Waals surface area contributed by atoms with E-state index in [4.69, 9.17) is 14.2 Å². The molecule has 0 saturated carbocycles. The topological polar surface area (TPSA) is 136 Å². The van der Waals surface area contributed by atoms with Gasteiger partial charge >= 0.3 is 11.9 Å². The fourth-order valence-electron chi connectivity index (χ4n) is 4.63. The number of H-pyrrole nitrogens is 1. The van der Waals surface area contributed by atoms with Crippen LogP contribution in [0.3, 0.4) is 0 Å². The monoisotopic (exact) mass is 545 g/mol. The summed E-state index contributed by atoms with van der Waals surface area (Å²) in [6.45, 7) is 8.05. The van der Waals surface area contributed by atoms with Gasteiger partial charge in [-0.1, -0.05) is 25.1 Å². The van der Waals surface area contributed by atoms with Gasteiger partial charge in [-0.15, -0.1) is 10.2 Å². The molecule has 2 unspecified atom stereocenters. The van der Waals surface area contributed by atoms with Crippen molar-refractivity contribution < 1.29 is 23.8 Å². The molecule has 1 aliphatic rings. The number of benzene rings is 2. The zero-order chi connectivity index (χ0) is 28.2. The van der Waals surface area contributed by atoms with Crippen LogP contribution in [0.15, 0.2) is 54.7 Å². The van der Waals surface area contributed by atoms with Gasteiger partial charge in [-0.05, 0) is 60.5 Å². The molecule has 2 aromatic carbocycles. The lowest BCUT2D eigenvalue weighted by molar-refractivity contribution is -0.165. The molecule has 12 heteroatoms. The van der Waals surface area contributed by atoms with E-state index in [0.717, 1.165) is 28.2 Å². The number of para-hydroxylation sites is 1. The van der Waals surface area contributed by atoms with Crippen LogP contribution in [0.1, 0.15) is 48.7 Å².